The number of methoxy groups -OCH3 is 1. The van der Waals surface area contributed by atoms with E-state index in [-0.39, 0.29) is 11.5 Å². The van der Waals surface area contributed by atoms with Crippen LogP contribution in [-0.4, -0.2) is 25.2 Å². The van der Waals surface area contributed by atoms with Crippen LogP contribution in [0, 0.1) is 0 Å². The molecule has 126 valence electrons. The fourth-order valence-corrected chi connectivity index (χ4v) is 3.51. The molecular weight excluding hydrogens is 322 g/mol. The van der Waals surface area contributed by atoms with E-state index in [0.29, 0.717) is 24.4 Å². The largest absolute Gasteiger partial charge is 0.376 e. The molecule has 3 nitrogen and oxygen atoms in total. The van der Waals surface area contributed by atoms with Crippen LogP contribution in [-0.2, 0) is 28.8 Å². The number of carbonyl (C=O) groups excluding carboxylic acids is 1. The van der Waals surface area contributed by atoms with Crippen molar-refractivity contribution in [2.24, 2.45) is 0 Å². The van der Waals surface area contributed by atoms with Crippen molar-refractivity contribution in [2.75, 3.05) is 13.7 Å². The predicted molar refractivity (Wildman–Crippen MR) is 96.4 cm³/mol. The quantitative estimate of drug-likeness (QED) is 0.870. The molecule has 0 saturated heterocycles. The van der Waals surface area contributed by atoms with Crippen molar-refractivity contribution in [1.29, 1.82) is 0 Å². The zero-order valence-corrected chi connectivity index (χ0v) is 14.6. The van der Waals surface area contributed by atoms with Crippen molar-refractivity contribution in [3.05, 3.63) is 70.2 Å². The van der Waals surface area contributed by atoms with Crippen molar-refractivity contribution in [2.45, 2.75) is 31.3 Å². The lowest BCUT2D eigenvalue weighted by Gasteiger charge is -2.27. The maximum Gasteiger partial charge on any atom is 0.220 e. The Morgan fingerprint density at radius 1 is 1.17 bits per heavy atom. The average Bonchev–Trinajstić information content (AvgIpc) is 2.97. The van der Waals surface area contributed by atoms with Crippen LogP contribution in [0.2, 0.25) is 5.02 Å². The van der Waals surface area contributed by atoms with Gasteiger partial charge in [0.1, 0.15) is 0 Å². The van der Waals surface area contributed by atoms with Gasteiger partial charge in [0.05, 0.1) is 5.60 Å². The molecule has 0 radical (unpaired) electrons. The lowest BCUT2D eigenvalue weighted by molar-refractivity contribution is -0.122. The van der Waals surface area contributed by atoms with Crippen molar-refractivity contribution in [3.63, 3.8) is 0 Å². The molecule has 1 amide bonds. The summed E-state index contributed by atoms with van der Waals surface area (Å²) in [5, 5.41) is 3.74. The summed E-state index contributed by atoms with van der Waals surface area (Å²) in [6, 6.07) is 16.0. The van der Waals surface area contributed by atoms with Crippen LogP contribution in [0.25, 0.3) is 0 Å². The molecule has 1 aliphatic carbocycles. The molecule has 0 saturated carbocycles. The summed E-state index contributed by atoms with van der Waals surface area (Å²) in [7, 11) is 1.73. The van der Waals surface area contributed by atoms with Crippen molar-refractivity contribution < 1.29 is 9.53 Å². The normalized spacial score (nSPS) is 15.1. The second-order valence-electron chi connectivity index (χ2n) is 6.42. The van der Waals surface area contributed by atoms with Crippen LogP contribution in [0.15, 0.2) is 48.5 Å². The van der Waals surface area contributed by atoms with Gasteiger partial charge in [0, 0.05) is 37.9 Å². The molecule has 1 N–H and O–H groups in total. The van der Waals surface area contributed by atoms with Gasteiger partial charge in [-0.15, -0.1) is 0 Å². The fourth-order valence-electron chi connectivity index (χ4n) is 3.30. The average molecular weight is 344 g/mol. The fraction of sp³-hybridized carbons (Fsp3) is 0.350. The van der Waals surface area contributed by atoms with Crippen LogP contribution in [0.3, 0.4) is 0 Å². The maximum atomic E-state index is 12.2. The van der Waals surface area contributed by atoms with Gasteiger partial charge < -0.3 is 10.1 Å². The number of ether oxygens (including phenoxy) is 1. The number of carbonyl (C=O) groups is 1. The molecule has 1 aliphatic rings. The van der Waals surface area contributed by atoms with Gasteiger partial charge in [-0.1, -0.05) is 48.0 Å². The predicted octanol–water partition coefficient (Wildman–Crippen LogP) is 3.57. The van der Waals surface area contributed by atoms with Gasteiger partial charge in [-0.05, 0) is 35.2 Å². The molecule has 0 spiro atoms. The van der Waals surface area contributed by atoms with Crippen molar-refractivity contribution in [3.8, 4) is 0 Å². The Morgan fingerprint density at radius 2 is 1.88 bits per heavy atom. The summed E-state index contributed by atoms with van der Waals surface area (Å²) in [5.41, 5.74) is 3.38. The first-order valence-corrected chi connectivity index (χ1v) is 8.61. The minimum absolute atomic E-state index is 0.0438. The van der Waals surface area contributed by atoms with Crippen LogP contribution in [0.5, 0.6) is 0 Å². The molecule has 0 bridgehead atoms. The van der Waals surface area contributed by atoms with Crippen LogP contribution < -0.4 is 5.32 Å². The molecule has 4 heteroatoms. The van der Waals surface area contributed by atoms with Crippen molar-refractivity contribution >= 4 is 17.5 Å². The number of fused-ring (bicyclic) bond motifs is 1. The Balaban J connectivity index is 1.52. The van der Waals surface area contributed by atoms with E-state index < -0.39 is 0 Å². The summed E-state index contributed by atoms with van der Waals surface area (Å²) in [5.74, 6) is 0.0438. The van der Waals surface area contributed by atoms with Gasteiger partial charge in [0.2, 0.25) is 5.91 Å². The monoisotopic (exact) mass is 343 g/mol. The summed E-state index contributed by atoms with van der Waals surface area (Å²) in [6.45, 7) is 0.534. The van der Waals surface area contributed by atoms with E-state index in [2.05, 4.69) is 17.4 Å². The Labute approximate surface area is 148 Å². The highest BCUT2D eigenvalue weighted by molar-refractivity contribution is 6.30. The summed E-state index contributed by atoms with van der Waals surface area (Å²) < 4.78 is 5.78. The molecule has 0 fully saturated rings. The maximum absolute atomic E-state index is 12.2. The topological polar surface area (TPSA) is 38.3 Å². The molecule has 0 atom stereocenters. The summed E-state index contributed by atoms with van der Waals surface area (Å²) in [6.07, 6.45) is 2.82. The van der Waals surface area contributed by atoms with E-state index in [9.17, 15) is 4.79 Å². The third kappa shape index (κ3) is 3.97. The minimum Gasteiger partial charge on any atom is -0.376 e. The van der Waals surface area contributed by atoms with E-state index >= 15 is 0 Å². The molecule has 24 heavy (non-hydrogen) atoms. The highest BCUT2D eigenvalue weighted by Crippen LogP contribution is 2.32. The molecule has 2 aromatic rings. The standard InChI is InChI=1S/C20H22ClNO2/c1-24-20(12-16-6-2-3-7-17(16)13-20)14-22-19(23)10-9-15-5-4-8-18(21)11-15/h2-8,11H,9-10,12-14H2,1H3,(H,22,23). The first-order chi connectivity index (χ1) is 11.6. The van der Waals surface area contributed by atoms with Gasteiger partial charge in [-0.3, -0.25) is 4.79 Å². The molecule has 2 aromatic carbocycles. The van der Waals surface area contributed by atoms with E-state index in [1.54, 1.807) is 7.11 Å². The number of aryl methyl sites for hydroxylation is 1. The molecule has 0 aliphatic heterocycles. The van der Waals surface area contributed by atoms with E-state index in [0.717, 1.165) is 18.4 Å². The lowest BCUT2D eigenvalue weighted by Crippen LogP contribution is -2.45. The minimum atomic E-state index is -0.324. The van der Waals surface area contributed by atoms with Crippen LogP contribution in [0.4, 0.5) is 0 Å². The zero-order valence-electron chi connectivity index (χ0n) is 13.8. The lowest BCUT2D eigenvalue weighted by atomic mass is 10.00. The number of hydrogen-bond acceptors (Lipinski definition) is 2. The van der Waals surface area contributed by atoms with Crippen LogP contribution >= 0.6 is 11.6 Å². The van der Waals surface area contributed by atoms with Crippen LogP contribution in [0.1, 0.15) is 23.1 Å². The number of halogens is 1. The number of nitrogens with one attached hydrogen (secondary N) is 1. The highest BCUT2D eigenvalue weighted by Gasteiger charge is 2.37. The number of amides is 1. The molecular formula is C20H22ClNO2. The number of hydrogen-bond donors (Lipinski definition) is 1. The van der Waals surface area contributed by atoms with Gasteiger partial charge in [-0.2, -0.15) is 0 Å². The first-order valence-electron chi connectivity index (χ1n) is 8.23. The third-order valence-corrected chi connectivity index (χ3v) is 4.95. The molecule has 3 rings (SSSR count). The van der Waals surface area contributed by atoms with E-state index in [4.69, 9.17) is 16.3 Å². The second kappa shape index (κ2) is 7.37. The highest BCUT2D eigenvalue weighted by atomic mass is 35.5. The summed E-state index contributed by atoms with van der Waals surface area (Å²) >= 11 is 5.97. The van der Waals surface area contributed by atoms with Gasteiger partial charge in [-0.25, -0.2) is 0 Å². The van der Waals surface area contributed by atoms with E-state index in [1.165, 1.54) is 11.1 Å². The number of rotatable bonds is 6. The van der Waals surface area contributed by atoms with Gasteiger partial charge in [0.15, 0.2) is 0 Å². The Kier molecular flexibility index (Phi) is 5.22. The van der Waals surface area contributed by atoms with Gasteiger partial charge in [0.25, 0.3) is 0 Å². The number of benzene rings is 2. The zero-order chi connectivity index (χ0) is 17.0. The first kappa shape index (κ1) is 17.0. The van der Waals surface area contributed by atoms with Crippen molar-refractivity contribution in [1.82, 2.24) is 5.32 Å². The molecule has 0 heterocycles. The Hall–Kier alpha value is -1.84. The molecule has 0 unspecified atom stereocenters. The van der Waals surface area contributed by atoms with Gasteiger partial charge >= 0.3 is 0 Å². The molecule has 0 aromatic heterocycles. The smallest absolute Gasteiger partial charge is 0.220 e. The second-order valence-corrected chi connectivity index (χ2v) is 6.85. The SMILES string of the molecule is COC1(CNC(=O)CCc2cccc(Cl)c2)Cc2ccccc2C1. The Morgan fingerprint density at radius 3 is 2.50 bits per heavy atom. The van der Waals surface area contributed by atoms with E-state index in [1.807, 2.05) is 36.4 Å². The Bertz CT molecular complexity index is 704. The third-order valence-electron chi connectivity index (χ3n) is 4.71. The summed E-state index contributed by atoms with van der Waals surface area (Å²) in [4.78, 5) is 12.2.